The number of hydrogen-bond acceptors (Lipinski definition) is 8. The van der Waals surface area contributed by atoms with Gasteiger partial charge in [-0.2, -0.15) is 0 Å². The Morgan fingerprint density at radius 1 is 1.26 bits per heavy atom. The van der Waals surface area contributed by atoms with Gasteiger partial charge in [-0.05, 0) is 30.0 Å². The summed E-state index contributed by atoms with van der Waals surface area (Å²) in [5, 5.41) is 18.2. The summed E-state index contributed by atoms with van der Waals surface area (Å²) in [6.07, 6.45) is 1.77. The van der Waals surface area contributed by atoms with Crippen molar-refractivity contribution in [2.75, 3.05) is 0 Å². The fourth-order valence-electron chi connectivity index (χ4n) is 4.79. The number of esters is 1. The predicted molar refractivity (Wildman–Crippen MR) is 131 cm³/mol. The maximum atomic E-state index is 13.5. The van der Waals surface area contributed by atoms with Crippen LogP contribution in [0.1, 0.15) is 40.5 Å². The van der Waals surface area contributed by atoms with Crippen LogP contribution < -0.4 is 5.56 Å². The summed E-state index contributed by atoms with van der Waals surface area (Å²) in [6.45, 7) is 2.19. The molecule has 4 aromatic rings. The first-order chi connectivity index (χ1) is 17.0. The third-order valence-electron chi connectivity index (χ3n) is 6.68. The molecule has 6 rings (SSSR count). The second-order valence-electron chi connectivity index (χ2n) is 8.56. The highest BCUT2D eigenvalue weighted by Crippen LogP contribution is 2.39. The molecular weight excluding hydrogens is 466 g/mol. The van der Waals surface area contributed by atoms with Crippen molar-refractivity contribution in [2.45, 2.75) is 38.7 Å². The first-order valence-corrected chi connectivity index (χ1v) is 12.2. The lowest BCUT2D eigenvalue weighted by Crippen LogP contribution is -2.44. The molecular formula is C26H21N3O5S. The van der Waals surface area contributed by atoms with Crippen LogP contribution in [-0.4, -0.2) is 26.8 Å². The van der Waals surface area contributed by atoms with Crippen LogP contribution >= 0.6 is 11.3 Å². The number of fused-ring (bicyclic) bond motifs is 5. The van der Waals surface area contributed by atoms with Crippen LogP contribution in [0.25, 0.3) is 22.3 Å². The van der Waals surface area contributed by atoms with E-state index in [2.05, 4.69) is 5.16 Å². The molecule has 0 fully saturated rings. The third-order valence-corrected chi connectivity index (χ3v) is 7.53. The molecule has 0 radical (unpaired) electrons. The monoisotopic (exact) mass is 487 g/mol. The zero-order valence-corrected chi connectivity index (χ0v) is 19.7. The van der Waals surface area contributed by atoms with Crippen molar-refractivity contribution in [3.05, 3.63) is 85.3 Å². The van der Waals surface area contributed by atoms with Gasteiger partial charge in [0.1, 0.15) is 6.61 Å². The zero-order chi connectivity index (χ0) is 24.2. The Labute approximate surface area is 204 Å². The number of hydrogen-bond donors (Lipinski definition) is 1. The number of carbonyl (C=O) groups is 1. The highest BCUT2D eigenvalue weighted by Gasteiger charge is 2.45. The van der Waals surface area contributed by atoms with Crippen molar-refractivity contribution in [1.82, 2.24) is 9.55 Å². The highest BCUT2D eigenvalue weighted by atomic mass is 32.1. The summed E-state index contributed by atoms with van der Waals surface area (Å²) in [7, 11) is 0. The largest absolute Gasteiger partial charge is 0.458 e. The molecule has 0 amide bonds. The molecule has 0 unspecified atom stereocenters. The number of nitrogens with zero attached hydrogens (tertiary/aromatic N) is 3. The number of oxime groups is 1. The highest BCUT2D eigenvalue weighted by molar-refractivity contribution is 7.09. The number of pyridine rings is 2. The van der Waals surface area contributed by atoms with Gasteiger partial charge in [-0.15, -0.1) is 11.3 Å². The van der Waals surface area contributed by atoms with Gasteiger partial charge >= 0.3 is 5.97 Å². The lowest BCUT2D eigenvalue weighted by molar-refractivity contribution is -0.172. The van der Waals surface area contributed by atoms with Gasteiger partial charge in [-0.1, -0.05) is 36.3 Å². The number of carbonyl (C=O) groups excluding carboxylic acids is 1. The van der Waals surface area contributed by atoms with E-state index in [1.54, 1.807) is 35.1 Å². The first kappa shape index (κ1) is 21.7. The number of thiophene rings is 1. The van der Waals surface area contributed by atoms with Crippen molar-refractivity contribution in [2.24, 2.45) is 5.16 Å². The normalized spacial score (nSPS) is 18.4. The minimum absolute atomic E-state index is 0.0964. The third kappa shape index (κ3) is 3.30. The fraction of sp³-hybridized carbons (Fsp3) is 0.231. The minimum atomic E-state index is -1.86. The van der Waals surface area contributed by atoms with Gasteiger partial charge in [0.05, 0.1) is 35.2 Å². The zero-order valence-electron chi connectivity index (χ0n) is 18.9. The van der Waals surface area contributed by atoms with E-state index in [-0.39, 0.29) is 18.6 Å². The van der Waals surface area contributed by atoms with Crippen LogP contribution in [0.2, 0.25) is 0 Å². The molecule has 1 aromatic carbocycles. The Balaban J connectivity index is 1.50. The van der Waals surface area contributed by atoms with Gasteiger partial charge < -0.3 is 19.2 Å². The topological polar surface area (TPSA) is 103 Å². The molecule has 5 heterocycles. The molecule has 2 aliphatic rings. The Hall–Kier alpha value is -3.82. The van der Waals surface area contributed by atoms with Crippen molar-refractivity contribution in [3.8, 4) is 11.4 Å². The van der Waals surface area contributed by atoms with E-state index in [0.29, 0.717) is 35.7 Å². The van der Waals surface area contributed by atoms with E-state index in [4.69, 9.17) is 14.6 Å². The fourth-order valence-corrected chi connectivity index (χ4v) is 5.40. The van der Waals surface area contributed by atoms with Crippen LogP contribution in [0, 0.1) is 0 Å². The van der Waals surface area contributed by atoms with E-state index < -0.39 is 11.6 Å². The molecule has 9 heteroatoms. The second kappa shape index (κ2) is 8.14. The molecule has 0 bridgehead atoms. The van der Waals surface area contributed by atoms with Gasteiger partial charge in [0.2, 0.25) is 0 Å². The summed E-state index contributed by atoms with van der Waals surface area (Å²) < 4.78 is 6.78. The Morgan fingerprint density at radius 2 is 2.11 bits per heavy atom. The number of cyclic esters (lactones) is 1. The van der Waals surface area contributed by atoms with Gasteiger partial charge in [0.25, 0.3) is 5.56 Å². The Bertz CT molecular complexity index is 1570. The van der Waals surface area contributed by atoms with Crippen LogP contribution in [0.3, 0.4) is 0 Å². The number of ether oxygens (including phenoxy) is 1. The number of aliphatic hydroxyl groups is 1. The smallest absolute Gasteiger partial charge is 0.343 e. The van der Waals surface area contributed by atoms with E-state index in [1.165, 1.54) is 0 Å². The van der Waals surface area contributed by atoms with Crippen LogP contribution in [0.5, 0.6) is 0 Å². The molecule has 0 saturated heterocycles. The van der Waals surface area contributed by atoms with E-state index in [9.17, 15) is 14.7 Å². The molecule has 0 spiro atoms. The number of rotatable bonds is 5. The SMILES string of the molecule is CC[C@@]1(O)C(=O)OCc2c1cc1n(c2=O)Cc2c-1nc1ccccc1c2C=NOCc1cccs1. The van der Waals surface area contributed by atoms with Gasteiger partial charge in [0.15, 0.2) is 12.2 Å². The molecule has 0 aliphatic carbocycles. The van der Waals surface area contributed by atoms with E-state index >= 15 is 0 Å². The standard InChI is InChI=1S/C26H21N3O5S/c1-2-26(32)20-10-22-23-18(12-29(22)24(30)19(20)14-33-25(26)31)17(16-7-3-4-8-21(16)28-23)11-27-34-13-15-6-5-9-35-15/h3-11,32H,2,12-14H2,1H3/t26-/m0/s1. The second-order valence-corrected chi connectivity index (χ2v) is 9.59. The molecule has 0 saturated carbocycles. The average Bonchev–Trinajstić information content (AvgIpc) is 3.52. The van der Waals surface area contributed by atoms with Crippen LogP contribution in [0.4, 0.5) is 0 Å². The van der Waals surface area contributed by atoms with E-state index in [0.717, 1.165) is 26.9 Å². The van der Waals surface area contributed by atoms with Gasteiger partial charge in [0, 0.05) is 27.0 Å². The van der Waals surface area contributed by atoms with Crippen molar-refractivity contribution in [1.29, 1.82) is 0 Å². The summed E-state index contributed by atoms with van der Waals surface area (Å²) in [4.78, 5) is 37.3. The number of benzene rings is 1. The van der Waals surface area contributed by atoms with Crippen LogP contribution in [0.15, 0.2) is 57.8 Å². The van der Waals surface area contributed by atoms with Gasteiger partial charge in [-0.3, -0.25) is 4.79 Å². The predicted octanol–water partition coefficient (Wildman–Crippen LogP) is 3.69. The molecule has 2 aliphatic heterocycles. The Morgan fingerprint density at radius 3 is 2.91 bits per heavy atom. The molecule has 8 nitrogen and oxygen atoms in total. The lowest BCUT2D eigenvalue weighted by atomic mass is 9.86. The number of aromatic nitrogens is 2. The molecule has 3 aromatic heterocycles. The van der Waals surface area contributed by atoms with Crippen molar-refractivity contribution >= 4 is 34.4 Å². The average molecular weight is 488 g/mol. The van der Waals surface area contributed by atoms with Crippen molar-refractivity contribution < 1.29 is 19.5 Å². The Kier molecular flexibility index (Phi) is 5.05. The summed E-state index contributed by atoms with van der Waals surface area (Å²) in [6, 6.07) is 13.3. The summed E-state index contributed by atoms with van der Waals surface area (Å²) >= 11 is 1.60. The van der Waals surface area contributed by atoms with Gasteiger partial charge in [-0.25, -0.2) is 9.78 Å². The summed E-state index contributed by atoms with van der Waals surface area (Å²) in [5.74, 6) is -0.739. The first-order valence-electron chi connectivity index (χ1n) is 11.3. The number of para-hydroxylation sites is 1. The van der Waals surface area contributed by atoms with Crippen LogP contribution in [-0.2, 0) is 39.7 Å². The molecule has 176 valence electrons. The molecule has 35 heavy (non-hydrogen) atoms. The maximum absolute atomic E-state index is 13.5. The van der Waals surface area contributed by atoms with Crippen molar-refractivity contribution in [3.63, 3.8) is 0 Å². The quantitative estimate of drug-likeness (QED) is 0.230. The maximum Gasteiger partial charge on any atom is 0.343 e. The van der Waals surface area contributed by atoms with E-state index in [1.807, 2.05) is 41.8 Å². The summed E-state index contributed by atoms with van der Waals surface area (Å²) in [5.41, 5.74) is 2.02. The minimum Gasteiger partial charge on any atom is -0.458 e. The molecule has 1 N–H and O–H groups in total. The lowest BCUT2D eigenvalue weighted by Gasteiger charge is -2.31. The molecule has 1 atom stereocenters.